The molecule has 0 atom stereocenters. The molecule has 2 aliphatic carbocycles. The molecule has 2 aliphatic rings. The van der Waals surface area contributed by atoms with Crippen molar-refractivity contribution in [3.8, 4) is 0 Å². The van der Waals surface area contributed by atoms with Crippen LogP contribution in [0.2, 0.25) is 0 Å². The van der Waals surface area contributed by atoms with Gasteiger partial charge in [0, 0.05) is 0 Å². The largest absolute Gasteiger partial charge is 0.0616 e. The minimum Gasteiger partial charge on any atom is -0.0616 e. The number of allylic oxidation sites excluding steroid dienone is 5. The van der Waals surface area contributed by atoms with Crippen molar-refractivity contribution in [3.05, 3.63) is 95.6 Å². The lowest BCUT2D eigenvalue weighted by Gasteiger charge is -2.12. The van der Waals surface area contributed by atoms with Crippen LogP contribution in [0, 0.1) is 0 Å². The Morgan fingerprint density at radius 2 is 1.38 bits per heavy atom. The first-order chi connectivity index (χ1) is 11.9. The second kappa shape index (κ2) is 4.24. The Labute approximate surface area is 140 Å². The van der Waals surface area contributed by atoms with Crippen LogP contribution in [0.4, 0.5) is 0 Å². The summed E-state index contributed by atoms with van der Waals surface area (Å²) < 4.78 is 0. The van der Waals surface area contributed by atoms with Gasteiger partial charge in [-0.3, -0.25) is 0 Å². The highest BCUT2D eigenvalue weighted by Crippen LogP contribution is 2.44. The van der Waals surface area contributed by atoms with Gasteiger partial charge in [0.2, 0.25) is 0 Å². The van der Waals surface area contributed by atoms with E-state index in [9.17, 15) is 0 Å². The Balaban J connectivity index is 1.91. The van der Waals surface area contributed by atoms with Gasteiger partial charge < -0.3 is 0 Å². The van der Waals surface area contributed by atoms with Crippen molar-refractivity contribution >= 4 is 44.0 Å². The molecule has 0 aliphatic heterocycles. The summed E-state index contributed by atoms with van der Waals surface area (Å²) in [6.07, 6.45) is 8.94. The fraction of sp³-hybridized carbons (Fsp3) is 0. The summed E-state index contributed by atoms with van der Waals surface area (Å²) in [5.41, 5.74) is 5.45. The lowest BCUT2D eigenvalue weighted by atomic mass is 9.91. The molecule has 0 spiro atoms. The van der Waals surface area contributed by atoms with Gasteiger partial charge in [0.15, 0.2) is 0 Å². The third-order valence-electron chi connectivity index (χ3n) is 5.37. The minimum absolute atomic E-state index is 1.31. The summed E-state index contributed by atoms with van der Waals surface area (Å²) >= 11 is 0. The normalized spacial score (nSPS) is 15.0. The van der Waals surface area contributed by atoms with Gasteiger partial charge in [-0.2, -0.15) is 0 Å². The van der Waals surface area contributed by atoms with Gasteiger partial charge in [-0.15, -0.1) is 0 Å². The van der Waals surface area contributed by atoms with Crippen molar-refractivity contribution in [2.75, 3.05) is 0 Å². The minimum atomic E-state index is 1.31. The third-order valence-corrected chi connectivity index (χ3v) is 5.37. The lowest BCUT2D eigenvalue weighted by molar-refractivity contribution is 1.69. The zero-order valence-corrected chi connectivity index (χ0v) is 13.1. The van der Waals surface area contributed by atoms with E-state index in [2.05, 4.69) is 85.0 Å². The standard InChI is InChI=1S/C24H14/c1-2-6-20-15(4-1)8-9-16-10-11-17-12-13-21-19-7-3-5-18(19)14-22(21)24(17)23(16)20/h1-14H. The SMILES string of the molecule is C1=CC2=Cc3c(ccc4ccc5ccc6ccccc6c5c34)C2=C1. The van der Waals surface area contributed by atoms with E-state index in [0.717, 1.165) is 0 Å². The fourth-order valence-electron chi connectivity index (χ4n) is 4.29. The molecule has 0 heterocycles. The quantitative estimate of drug-likeness (QED) is 0.325. The van der Waals surface area contributed by atoms with Crippen molar-refractivity contribution < 1.29 is 0 Å². The van der Waals surface area contributed by atoms with E-state index in [0.29, 0.717) is 0 Å². The summed E-state index contributed by atoms with van der Waals surface area (Å²) in [7, 11) is 0. The number of hydrogen-bond acceptors (Lipinski definition) is 0. The highest BCUT2D eigenvalue weighted by Gasteiger charge is 2.22. The van der Waals surface area contributed by atoms with E-state index in [4.69, 9.17) is 0 Å². The summed E-state index contributed by atoms with van der Waals surface area (Å²) in [5.74, 6) is 0. The van der Waals surface area contributed by atoms with Crippen LogP contribution in [-0.2, 0) is 0 Å². The maximum absolute atomic E-state index is 2.36. The van der Waals surface area contributed by atoms with Crippen molar-refractivity contribution in [2.45, 2.75) is 0 Å². The van der Waals surface area contributed by atoms with E-state index >= 15 is 0 Å². The molecule has 0 aromatic heterocycles. The van der Waals surface area contributed by atoms with Gasteiger partial charge >= 0.3 is 0 Å². The van der Waals surface area contributed by atoms with E-state index in [1.165, 1.54) is 54.6 Å². The average molecular weight is 302 g/mol. The topological polar surface area (TPSA) is 0 Å². The summed E-state index contributed by atoms with van der Waals surface area (Å²) in [6, 6.07) is 22.2. The van der Waals surface area contributed by atoms with Gasteiger partial charge in [0.25, 0.3) is 0 Å². The maximum Gasteiger partial charge on any atom is -0.00201 e. The fourth-order valence-corrected chi connectivity index (χ4v) is 4.29. The van der Waals surface area contributed by atoms with Crippen LogP contribution >= 0.6 is 0 Å². The van der Waals surface area contributed by atoms with Crippen molar-refractivity contribution in [1.82, 2.24) is 0 Å². The highest BCUT2D eigenvalue weighted by molar-refractivity contribution is 6.24. The Kier molecular flexibility index (Phi) is 2.18. The van der Waals surface area contributed by atoms with Gasteiger partial charge in [-0.25, -0.2) is 0 Å². The van der Waals surface area contributed by atoms with Gasteiger partial charge in [-0.05, 0) is 60.7 Å². The molecule has 4 aromatic rings. The number of fused-ring (bicyclic) bond motifs is 9. The molecule has 0 bridgehead atoms. The first kappa shape index (κ1) is 12.3. The van der Waals surface area contributed by atoms with Crippen LogP contribution < -0.4 is 0 Å². The molecule has 0 amide bonds. The molecule has 0 radical (unpaired) electrons. The van der Waals surface area contributed by atoms with Gasteiger partial charge in [0.05, 0.1) is 0 Å². The maximum atomic E-state index is 2.36. The van der Waals surface area contributed by atoms with E-state index < -0.39 is 0 Å². The van der Waals surface area contributed by atoms with E-state index in [1.54, 1.807) is 0 Å². The smallest absolute Gasteiger partial charge is 0.00201 e. The summed E-state index contributed by atoms with van der Waals surface area (Å²) in [6.45, 7) is 0. The van der Waals surface area contributed by atoms with Crippen LogP contribution in [0.25, 0.3) is 44.0 Å². The molecule has 0 N–H and O–H groups in total. The third kappa shape index (κ3) is 1.43. The summed E-state index contributed by atoms with van der Waals surface area (Å²) in [4.78, 5) is 0. The van der Waals surface area contributed by atoms with Crippen molar-refractivity contribution in [1.29, 1.82) is 0 Å². The second-order valence-electron chi connectivity index (χ2n) is 6.61. The molecule has 4 aromatic carbocycles. The average Bonchev–Trinajstić information content (AvgIpc) is 3.22. The molecule has 24 heavy (non-hydrogen) atoms. The predicted molar refractivity (Wildman–Crippen MR) is 104 cm³/mol. The van der Waals surface area contributed by atoms with Crippen LogP contribution in [0.3, 0.4) is 0 Å². The Morgan fingerprint density at radius 1 is 0.625 bits per heavy atom. The number of hydrogen-bond donors (Lipinski definition) is 0. The molecule has 0 nitrogen and oxygen atoms in total. The van der Waals surface area contributed by atoms with E-state index in [-0.39, 0.29) is 0 Å². The highest BCUT2D eigenvalue weighted by atomic mass is 14.2. The summed E-state index contributed by atoms with van der Waals surface area (Å²) in [5, 5.41) is 8.05. The van der Waals surface area contributed by atoms with E-state index in [1.807, 2.05) is 0 Å². The lowest BCUT2D eigenvalue weighted by Crippen LogP contribution is -1.87. The van der Waals surface area contributed by atoms with Crippen LogP contribution in [0.1, 0.15) is 11.1 Å². The molecular weight excluding hydrogens is 288 g/mol. The zero-order valence-electron chi connectivity index (χ0n) is 13.1. The molecule has 0 saturated carbocycles. The number of benzene rings is 4. The Hall–Kier alpha value is -3.12. The van der Waals surface area contributed by atoms with Crippen LogP contribution in [0.15, 0.2) is 84.5 Å². The van der Waals surface area contributed by atoms with Crippen LogP contribution in [0.5, 0.6) is 0 Å². The monoisotopic (exact) mass is 302 g/mol. The number of rotatable bonds is 0. The molecular formula is C24H14. The van der Waals surface area contributed by atoms with Crippen molar-refractivity contribution in [2.24, 2.45) is 0 Å². The predicted octanol–water partition coefficient (Wildman–Crippen LogP) is 6.50. The first-order valence-electron chi connectivity index (χ1n) is 8.38. The first-order valence-corrected chi connectivity index (χ1v) is 8.38. The zero-order chi connectivity index (χ0) is 15.7. The molecule has 0 fully saturated rings. The van der Waals surface area contributed by atoms with Crippen LogP contribution in [-0.4, -0.2) is 0 Å². The second-order valence-corrected chi connectivity index (χ2v) is 6.61. The molecule has 110 valence electrons. The van der Waals surface area contributed by atoms with Gasteiger partial charge in [0.1, 0.15) is 0 Å². The molecule has 6 rings (SSSR count). The molecule has 0 heteroatoms. The molecule has 0 unspecified atom stereocenters. The van der Waals surface area contributed by atoms with Crippen molar-refractivity contribution in [3.63, 3.8) is 0 Å². The Bertz CT molecular complexity index is 1270. The van der Waals surface area contributed by atoms with Gasteiger partial charge in [-0.1, -0.05) is 78.9 Å². The molecule has 0 saturated heterocycles. The Morgan fingerprint density at radius 3 is 2.29 bits per heavy atom.